The summed E-state index contributed by atoms with van der Waals surface area (Å²) in [6.07, 6.45) is 2.03. The second kappa shape index (κ2) is 3.65. The van der Waals surface area contributed by atoms with Crippen LogP contribution in [0.25, 0.3) is 0 Å². The molecule has 1 N–H and O–H groups in total. The van der Waals surface area contributed by atoms with Crippen molar-refractivity contribution in [3.63, 3.8) is 0 Å². The first-order chi connectivity index (χ1) is 5.95. The zero-order valence-electron chi connectivity index (χ0n) is 6.49. The molecule has 0 saturated heterocycles. The van der Waals surface area contributed by atoms with Crippen molar-refractivity contribution in [2.75, 3.05) is 6.61 Å². The molecule has 0 aromatic heterocycles. The lowest BCUT2D eigenvalue weighted by molar-refractivity contribution is 0.113. The highest BCUT2D eigenvalue weighted by atomic mass is 32.2. The molecule has 0 aliphatic carbocycles. The summed E-state index contributed by atoms with van der Waals surface area (Å²) in [6, 6.07) is 10.2. The molecule has 3 heteroatoms. The van der Waals surface area contributed by atoms with E-state index in [0.717, 1.165) is 5.03 Å². The highest BCUT2D eigenvalue weighted by Crippen LogP contribution is 2.25. The Morgan fingerprint density at radius 3 is 2.75 bits per heavy atom. The lowest BCUT2D eigenvalue weighted by Crippen LogP contribution is -2.02. The van der Waals surface area contributed by atoms with Crippen molar-refractivity contribution >= 4 is 11.8 Å². The maximum Gasteiger partial charge on any atom is 0.0966 e. The SMILES string of the molecule is C1=C(Sc2ccccc2)NOC1. The minimum Gasteiger partial charge on any atom is -0.271 e. The molecule has 0 amide bonds. The lowest BCUT2D eigenvalue weighted by Gasteiger charge is -2.01. The minimum absolute atomic E-state index is 0.662. The molecule has 12 heavy (non-hydrogen) atoms. The molecule has 2 rings (SSSR count). The quantitative estimate of drug-likeness (QED) is 0.751. The molecule has 2 nitrogen and oxygen atoms in total. The smallest absolute Gasteiger partial charge is 0.0966 e. The Morgan fingerprint density at radius 1 is 1.25 bits per heavy atom. The summed E-state index contributed by atoms with van der Waals surface area (Å²) in [5.41, 5.74) is 2.83. The fraction of sp³-hybridized carbons (Fsp3) is 0.111. The van der Waals surface area contributed by atoms with Crippen LogP contribution in [0.3, 0.4) is 0 Å². The Bertz CT molecular complexity index is 284. The molecule has 1 aliphatic rings. The average molecular weight is 179 g/mol. The molecule has 0 atom stereocenters. The van der Waals surface area contributed by atoms with E-state index in [9.17, 15) is 0 Å². The first kappa shape index (κ1) is 7.71. The van der Waals surface area contributed by atoms with E-state index in [4.69, 9.17) is 4.84 Å². The highest BCUT2D eigenvalue weighted by Gasteiger charge is 2.04. The highest BCUT2D eigenvalue weighted by molar-refractivity contribution is 8.03. The number of nitrogens with one attached hydrogen (secondary N) is 1. The fourth-order valence-electron chi connectivity index (χ4n) is 0.950. The molecule has 1 aromatic carbocycles. The molecule has 1 heterocycles. The summed E-state index contributed by atoms with van der Waals surface area (Å²) >= 11 is 1.68. The third-order valence-electron chi connectivity index (χ3n) is 1.50. The average Bonchev–Trinajstić information content (AvgIpc) is 2.59. The zero-order chi connectivity index (χ0) is 8.23. The normalized spacial score (nSPS) is 15.5. The van der Waals surface area contributed by atoms with E-state index < -0.39 is 0 Å². The van der Waals surface area contributed by atoms with Gasteiger partial charge in [-0.3, -0.25) is 10.3 Å². The van der Waals surface area contributed by atoms with Gasteiger partial charge >= 0.3 is 0 Å². The first-order valence-corrected chi connectivity index (χ1v) is 4.58. The third kappa shape index (κ3) is 1.81. The van der Waals surface area contributed by atoms with Gasteiger partial charge in [-0.2, -0.15) is 0 Å². The predicted octanol–water partition coefficient (Wildman–Crippen LogP) is 2.15. The van der Waals surface area contributed by atoms with Crippen molar-refractivity contribution in [2.45, 2.75) is 4.90 Å². The van der Waals surface area contributed by atoms with Crippen LogP contribution in [0.15, 0.2) is 46.3 Å². The van der Waals surface area contributed by atoms with Crippen molar-refractivity contribution in [3.8, 4) is 0 Å². The summed E-state index contributed by atoms with van der Waals surface area (Å²) in [4.78, 5) is 6.19. The minimum atomic E-state index is 0.662. The monoisotopic (exact) mass is 179 g/mol. The number of thioether (sulfide) groups is 1. The van der Waals surface area contributed by atoms with Gasteiger partial charge in [-0.25, -0.2) is 0 Å². The number of rotatable bonds is 2. The molecule has 0 spiro atoms. The number of benzene rings is 1. The van der Waals surface area contributed by atoms with Gasteiger partial charge in [-0.1, -0.05) is 30.0 Å². The Hall–Kier alpha value is -0.930. The molecule has 0 radical (unpaired) electrons. The number of hydrogen-bond acceptors (Lipinski definition) is 3. The van der Waals surface area contributed by atoms with E-state index in [0.29, 0.717) is 6.61 Å². The van der Waals surface area contributed by atoms with Crippen molar-refractivity contribution in [1.29, 1.82) is 0 Å². The van der Waals surface area contributed by atoms with Crippen molar-refractivity contribution < 1.29 is 4.84 Å². The maximum absolute atomic E-state index is 4.97. The largest absolute Gasteiger partial charge is 0.271 e. The number of hydrogen-bond donors (Lipinski definition) is 1. The zero-order valence-corrected chi connectivity index (χ0v) is 7.30. The topological polar surface area (TPSA) is 21.3 Å². The van der Waals surface area contributed by atoms with Gasteiger partial charge < -0.3 is 0 Å². The van der Waals surface area contributed by atoms with Gasteiger partial charge in [0.2, 0.25) is 0 Å². The standard InChI is InChI=1S/C9H9NOS/c1-2-4-8(5-3-1)12-9-6-7-11-10-9/h1-6,10H,7H2. The van der Waals surface area contributed by atoms with Crippen LogP contribution in [0.5, 0.6) is 0 Å². The Labute approximate surface area is 75.6 Å². The van der Waals surface area contributed by atoms with Crippen molar-refractivity contribution in [1.82, 2.24) is 5.48 Å². The van der Waals surface area contributed by atoms with Crippen molar-refractivity contribution in [2.24, 2.45) is 0 Å². The van der Waals surface area contributed by atoms with Crippen LogP contribution in [0.1, 0.15) is 0 Å². The summed E-state index contributed by atoms with van der Waals surface area (Å²) in [7, 11) is 0. The number of hydroxylamine groups is 1. The van der Waals surface area contributed by atoms with E-state index in [1.807, 2.05) is 24.3 Å². The van der Waals surface area contributed by atoms with E-state index in [2.05, 4.69) is 17.6 Å². The second-order valence-corrected chi connectivity index (χ2v) is 3.51. The van der Waals surface area contributed by atoms with Crippen LogP contribution in [-0.2, 0) is 4.84 Å². The predicted molar refractivity (Wildman–Crippen MR) is 49.5 cm³/mol. The van der Waals surface area contributed by atoms with Gasteiger partial charge in [0.15, 0.2) is 0 Å². The molecule has 1 aromatic rings. The van der Waals surface area contributed by atoms with Gasteiger partial charge in [0.25, 0.3) is 0 Å². The summed E-state index contributed by atoms with van der Waals surface area (Å²) in [5, 5.41) is 1.07. The molecular weight excluding hydrogens is 170 g/mol. The first-order valence-electron chi connectivity index (χ1n) is 3.76. The van der Waals surface area contributed by atoms with E-state index >= 15 is 0 Å². The van der Waals surface area contributed by atoms with Gasteiger partial charge in [0, 0.05) is 4.90 Å². The fourth-order valence-corrected chi connectivity index (χ4v) is 1.75. The van der Waals surface area contributed by atoms with Crippen LogP contribution in [-0.4, -0.2) is 6.61 Å². The van der Waals surface area contributed by atoms with Gasteiger partial charge in [0.05, 0.1) is 11.6 Å². The van der Waals surface area contributed by atoms with E-state index in [-0.39, 0.29) is 0 Å². The summed E-state index contributed by atoms with van der Waals surface area (Å²) < 4.78 is 0. The van der Waals surface area contributed by atoms with Gasteiger partial charge in [0.1, 0.15) is 0 Å². The van der Waals surface area contributed by atoms with E-state index in [1.54, 1.807) is 11.8 Å². The Morgan fingerprint density at radius 2 is 2.08 bits per heavy atom. The van der Waals surface area contributed by atoms with Gasteiger partial charge in [-0.15, -0.1) is 0 Å². The van der Waals surface area contributed by atoms with Crippen LogP contribution < -0.4 is 5.48 Å². The molecule has 62 valence electrons. The van der Waals surface area contributed by atoms with Crippen molar-refractivity contribution in [3.05, 3.63) is 41.4 Å². The molecule has 0 bridgehead atoms. The summed E-state index contributed by atoms with van der Waals surface area (Å²) in [6.45, 7) is 0.662. The Kier molecular flexibility index (Phi) is 2.34. The van der Waals surface area contributed by atoms with Crippen LogP contribution >= 0.6 is 11.8 Å². The maximum atomic E-state index is 4.97. The summed E-state index contributed by atoms with van der Waals surface area (Å²) in [5.74, 6) is 0. The van der Waals surface area contributed by atoms with Crippen LogP contribution in [0.2, 0.25) is 0 Å². The third-order valence-corrected chi connectivity index (χ3v) is 2.47. The molecule has 0 saturated carbocycles. The van der Waals surface area contributed by atoms with E-state index in [1.165, 1.54) is 4.90 Å². The van der Waals surface area contributed by atoms with Gasteiger partial charge in [-0.05, 0) is 18.2 Å². The Balaban J connectivity index is 2.04. The second-order valence-electron chi connectivity index (χ2n) is 2.40. The molecule has 0 unspecified atom stereocenters. The van der Waals surface area contributed by atoms with Crippen LogP contribution in [0.4, 0.5) is 0 Å². The molecule has 1 aliphatic heterocycles. The lowest BCUT2D eigenvalue weighted by atomic mass is 10.4. The van der Waals surface area contributed by atoms with Crippen LogP contribution in [0, 0.1) is 0 Å². The molecule has 0 fully saturated rings. The molecular formula is C9H9NOS.